The van der Waals surface area contributed by atoms with Crippen molar-refractivity contribution in [3.63, 3.8) is 0 Å². The number of nitrogens with zero attached hydrogens (tertiary/aromatic N) is 9. The van der Waals surface area contributed by atoms with Gasteiger partial charge in [-0.15, -0.1) is 10.2 Å². The number of aromatic nitrogens is 4. The first-order valence-corrected chi connectivity index (χ1v) is 6.95. The minimum absolute atomic E-state index is 0.168. The Kier molecular flexibility index (Phi) is 2.66. The number of rotatable bonds is 2. The fourth-order valence-electron chi connectivity index (χ4n) is 2.65. The number of fused-ring (bicyclic) bond motifs is 3. The average molecular weight is 305 g/mol. The molecule has 4 rings (SSSR count). The molecule has 3 aromatic rings. The first-order valence-electron chi connectivity index (χ1n) is 6.95. The van der Waals surface area contributed by atoms with Crippen molar-refractivity contribution in [2.24, 2.45) is 15.3 Å². The van der Waals surface area contributed by atoms with E-state index in [4.69, 9.17) is 5.53 Å². The van der Waals surface area contributed by atoms with E-state index in [2.05, 4.69) is 35.6 Å². The molecule has 0 N–H and O–H groups in total. The highest BCUT2D eigenvalue weighted by atomic mass is 15.4. The Morgan fingerprint density at radius 3 is 2.70 bits per heavy atom. The molecule has 1 aliphatic heterocycles. The summed E-state index contributed by atoms with van der Waals surface area (Å²) in [6, 6.07) is 9.57. The van der Waals surface area contributed by atoms with Crippen LogP contribution in [0.5, 0.6) is 0 Å². The number of hydrogen-bond acceptors (Lipinski definition) is 6. The van der Waals surface area contributed by atoms with E-state index in [1.807, 2.05) is 44.2 Å². The van der Waals surface area contributed by atoms with Gasteiger partial charge in [-0.25, -0.2) is 0 Å². The van der Waals surface area contributed by atoms with Crippen molar-refractivity contribution in [2.75, 3.05) is 0 Å². The second-order valence-electron chi connectivity index (χ2n) is 5.62. The van der Waals surface area contributed by atoms with E-state index in [9.17, 15) is 0 Å². The second-order valence-corrected chi connectivity index (χ2v) is 5.62. The van der Waals surface area contributed by atoms with Crippen LogP contribution in [0, 0.1) is 0 Å². The van der Waals surface area contributed by atoms with Crippen LogP contribution in [-0.2, 0) is 5.54 Å². The molecular formula is C14H11N9. The monoisotopic (exact) mass is 305 g/mol. The van der Waals surface area contributed by atoms with Gasteiger partial charge in [-0.2, -0.15) is 19.8 Å². The van der Waals surface area contributed by atoms with Gasteiger partial charge in [0.15, 0.2) is 17.3 Å². The predicted octanol–water partition coefficient (Wildman–Crippen LogP) is 4.07. The molecule has 0 bridgehead atoms. The molecule has 112 valence electrons. The van der Waals surface area contributed by atoms with E-state index in [1.165, 1.54) is 0 Å². The molecular weight excluding hydrogens is 294 g/mol. The normalized spacial score (nSPS) is 14.7. The van der Waals surface area contributed by atoms with Crippen molar-refractivity contribution in [2.45, 2.75) is 19.4 Å². The molecule has 0 amide bonds. The van der Waals surface area contributed by atoms with Crippen LogP contribution in [0.2, 0.25) is 0 Å². The smallest absolute Gasteiger partial charge is 0.186 e. The molecule has 0 spiro atoms. The third-order valence-electron chi connectivity index (χ3n) is 3.69. The van der Waals surface area contributed by atoms with Crippen LogP contribution in [0.25, 0.3) is 27.5 Å². The first kappa shape index (κ1) is 13.4. The summed E-state index contributed by atoms with van der Waals surface area (Å²) in [6.45, 7) is 3.83. The zero-order valence-corrected chi connectivity index (χ0v) is 12.4. The van der Waals surface area contributed by atoms with Gasteiger partial charge in [0.05, 0.1) is 5.56 Å². The van der Waals surface area contributed by atoms with Crippen molar-refractivity contribution in [1.29, 1.82) is 0 Å². The summed E-state index contributed by atoms with van der Waals surface area (Å²) in [5, 5.41) is 24.9. The van der Waals surface area contributed by atoms with E-state index in [1.54, 1.807) is 4.52 Å². The van der Waals surface area contributed by atoms with Crippen molar-refractivity contribution in [3.8, 4) is 11.4 Å². The second kappa shape index (κ2) is 4.59. The molecule has 0 unspecified atom stereocenters. The van der Waals surface area contributed by atoms with Crippen LogP contribution in [0.15, 0.2) is 45.7 Å². The van der Waals surface area contributed by atoms with Gasteiger partial charge in [0.25, 0.3) is 0 Å². The molecule has 9 nitrogen and oxygen atoms in total. The highest BCUT2D eigenvalue weighted by Gasteiger charge is 2.35. The molecule has 23 heavy (non-hydrogen) atoms. The number of benzene rings is 1. The molecule has 0 saturated carbocycles. The van der Waals surface area contributed by atoms with Gasteiger partial charge in [0, 0.05) is 10.5 Å². The number of hydrogen-bond donors (Lipinski definition) is 0. The van der Waals surface area contributed by atoms with Gasteiger partial charge in [-0.3, -0.25) is 0 Å². The van der Waals surface area contributed by atoms with E-state index in [0.717, 1.165) is 11.1 Å². The Morgan fingerprint density at radius 2 is 1.96 bits per heavy atom. The fraction of sp³-hybridized carbons (Fsp3) is 0.214. The standard InChI is InChI=1S/C14H11N9/c1-14(2)9-10(16-21-14)11(17-22-15)20-23-12(18-19-13(9)23)8-6-4-3-5-7-8/h3-7H,1-2H3. The van der Waals surface area contributed by atoms with Crippen LogP contribution in [0.1, 0.15) is 19.4 Å². The molecule has 1 aliphatic rings. The summed E-state index contributed by atoms with van der Waals surface area (Å²) in [5.41, 5.74) is 10.8. The Labute approximate surface area is 130 Å². The highest BCUT2D eigenvalue weighted by molar-refractivity contribution is 5.75. The lowest BCUT2D eigenvalue weighted by Gasteiger charge is -2.14. The Hall–Kier alpha value is -3.32. The maximum absolute atomic E-state index is 8.80. The molecule has 0 aliphatic carbocycles. The van der Waals surface area contributed by atoms with Gasteiger partial charge < -0.3 is 0 Å². The highest BCUT2D eigenvalue weighted by Crippen LogP contribution is 2.46. The Morgan fingerprint density at radius 1 is 1.17 bits per heavy atom. The quantitative estimate of drug-likeness (QED) is 0.403. The summed E-state index contributed by atoms with van der Waals surface area (Å²) in [7, 11) is 0. The van der Waals surface area contributed by atoms with Crippen LogP contribution in [0.3, 0.4) is 0 Å². The van der Waals surface area contributed by atoms with Crippen LogP contribution in [0.4, 0.5) is 11.5 Å². The van der Waals surface area contributed by atoms with Gasteiger partial charge >= 0.3 is 0 Å². The van der Waals surface area contributed by atoms with Gasteiger partial charge in [-0.1, -0.05) is 30.3 Å². The van der Waals surface area contributed by atoms with Crippen molar-refractivity contribution < 1.29 is 0 Å². The van der Waals surface area contributed by atoms with Gasteiger partial charge in [0.1, 0.15) is 11.2 Å². The lowest BCUT2D eigenvalue weighted by atomic mass is 9.96. The van der Waals surface area contributed by atoms with Crippen LogP contribution < -0.4 is 0 Å². The third kappa shape index (κ3) is 1.87. The lowest BCUT2D eigenvalue weighted by Crippen LogP contribution is -2.12. The predicted molar refractivity (Wildman–Crippen MR) is 82.6 cm³/mol. The van der Waals surface area contributed by atoms with Crippen molar-refractivity contribution in [3.05, 3.63) is 46.3 Å². The van der Waals surface area contributed by atoms with Crippen molar-refractivity contribution >= 4 is 17.2 Å². The average Bonchev–Trinajstić information content (AvgIpc) is 3.09. The SMILES string of the molecule is CC1(C)N=Nc2c(N=[N+]=[N-])nn3c(-c4ccccc4)nnc3c21. The van der Waals surface area contributed by atoms with Crippen molar-refractivity contribution in [1.82, 2.24) is 19.8 Å². The summed E-state index contributed by atoms with van der Waals surface area (Å²) in [6.07, 6.45) is 0. The largest absolute Gasteiger partial charge is 0.192 e. The lowest BCUT2D eigenvalue weighted by molar-refractivity contribution is 0.556. The number of azo groups is 1. The maximum atomic E-state index is 8.80. The minimum Gasteiger partial charge on any atom is -0.192 e. The van der Waals surface area contributed by atoms with Gasteiger partial charge in [0.2, 0.25) is 0 Å². The van der Waals surface area contributed by atoms with E-state index >= 15 is 0 Å². The molecule has 2 aromatic heterocycles. The zero-order chi connectivity index (χ0) is 16.0. The molecule has 9 heteroatoms. The van der Waals surface area contributed by atoms with Crippen LogP contribution in [-0.4, -0.2) is 19.8 Å². The summed E-state index contributed by atoms with van der Waals surface area (Å²) in [5.74, 6) is 0.738. The maximum Gasteiger partial charge on any atom is 0.186 e. The summed E-state index contributed by atoms with van der Waals surface area (Å²) < 4.78 is 1.58. The van der Waals surface area contributed by atoms with E-state index < -0.39 is 5.54 Å². The molecule has 0 radical (unpaired) electrons. The summed E-state index contributed by atoms with van der Waals surface area (Å²) in [4.78, 5) is 2.83. The Bertz CT molecular complexity index is 994. The van der Waals surface area contributed by atoms with E-state index in [0.29, 0.717) is 17.2 Å². The molecule has 1 aromatic carbocycles. The fourth-order valence-corrected chi connectivity index (χ4v) is 2.65. The molecule has 0 saturated heterocycles. The van der Waals surface area contributed by atoms with E-state index in [-0.39, 0.29) is 5.82 Å². The first-order chi connectivity index (χ1) is 11.1. The van der Waals surface area contributed by atoms with Crippen LogP contribution >= 0.6 is 0 Å². The molecule has 3 heterocycles. The molecule has 0 fully saturated rings. The summed E-state index contributed by atoms with van der Waals surface area (Å²) >= 11 is 0. The number of azide groups is 1. The Balaban J connectivity index is 2.10. The van der Waals surface area contributed by atoms with Gasteiger partial charge in [-0.05, 0) is 24.5 Å². The molecule has 0 atom stereocenters. The third-order valence-corrected chi connectivity index (χ3v) is 3.69. The minimum atomic E-state index is -0.583. The zero-order valence-electron chi connectivity index (χ0n) is 12.4. The topological polar surface area (TPSA) is 117 Å².